The maximum Gasteiger partial charge on any atom is 0.222 e. The Balaban J connectivity index is 1.34. The van der Waals surface area contributed by atoms with E-state index >= 15 is 0 Å². The maximum atomic E-state index is 13.3. The highest BCUT2D eigenvalue weighted by atomic mass is 32.2. The molecule has 160 valence electrons. The van der Waals surface area contributed by atoms with Crippen LogP contribution in [0.2, 0.25) is 0 Å². The van der Waals surface area contributed by atoms with Gasteiger partial charge in [-0.1, -0.05) is 30.3 Å². The first kappa shape index (κ1) is 20.9. The Morgan fingerprint density at radius 2 is 1.73 bits per heavy atom. The second-order valence-electron chi connectivity index (χ2n) is 7.63. The predicted molar refractivity (Wildman–Crippen MR) is 114 cm³/mol. The second kappa shape index (κ2) is 9.22. The summed E-state index contributed by atoms with van der Waals surface area (Å²) in [5, 5.41) is -0.597. The molecule has 0 radical (unpaired) electrons. The van der Waals surface area contributed by atoms with E-state index in [1.165, 1.54) is 4.31 Å². The predicted octanol–water partition coefficient (Wildman–Crippen LogP) is 0.706. The number of nitrogens with one attached hydrogen (secondary N) is 2. The van der Waals surface area contributed by atoms with E-state index in [2.05, 4.69) is 15.8 Å². The summed E-state index contributed by atoms with van der Waals surface area (Å²) in [6.07, 6.45) is 4.47. The van der Waals surface area contributed by atoms with Crippen LogP contribution in [0.4, 0.5) is 0 Å². The molecule has 0 aliphatic carbocycles. The number of hydrazine groups is 1. The summed E-state index contributed by atoms with van der Waals surface area (Å²) in [6, 6.07) is 13.3. The van der Waals surface area contributed by atoms with Crippen molar-refractivity contribution < 1.29 is 13.2 Å². The van der Waals surface area contributed by atoms with Crippen molar-refractivity contribution in [3.8, 4) is 0 Å². The molecule has 2 unspecified atom stereocenters. The fourth-order valence-corrected chi connectivity index (χ4v) is 5.98. The highest BCUT2D eigenvalue weighted by Gasteiger charge is 2.42. The molecular formula is C21H27N5O3S. The number of aryl methyl sites for hydroxylation is 1. The third-order valence-electron chi connectivity index (χ3n) is 5.80. The van der Waals surface area contributed by atoms with Crippen molar-refractivity contribution in [2.24, 2.45) is 0 Å². The minimum absolute atomic E-state index is 0.0785. The number of amides is 1. The number of carbonyl (C=O) groups is 1. The first-order valence-corrected chi connectivity index (χ1v) is 11.7. The molecule has 30 heavy (non-hydrogen) atoms. The molecule has 2 saturated heterocycles. The first-order valence-electron chi connectivity index (χ1n) is 10.2. The van der Waals surface area contributed by atoms with Crippen molar-refractivity contribution in [2.45, 2.75) is 24.1 Å². The van der Waals surface area contributed by atoms with E-state index in [4.69, 9.17) is 0 Å². The number of sulfonamides is 1. The zero-order valence-corrected chi connectivity index (χ0v) is 17.6. The van der Waals surface area contributed by atoms with E-state index < -0.39 is 15.3 Å². The average Bonchev–Trinajstić information content (AvgIpc) is 3.30. The topological polar surface area (TPSA) is 94.6 Å². The third-order valence-corrected chi connectivity index (χ3v) is 8.09. The number of aromatic nitrogens is 1. The molecule has 3 heterocycles. The highest BCUT2D eigenvalue weighted by Crippen LogP contribution is 2.27. The molecule has 0 bridgehead atoms. The van der Waals surface area contributed by atoms with Crippen molar-refractivity contribution in [3.63, 3.8) is 0 Å². The molecular weight excluding hydrogens is 402 g/mol. The van der Waals surface area contributed by atoms with Crippen LogP contribution in [0.25, 0.3) is 0 Å². The van der Waals surface area contributed by atoms with E-state index in [0.717, 1.165) is 11.1 Å². The zero-order valence-electron chi connectivity index (χ0n) is 16.8. The summed E-state index contributed by atoms with van der Waals surface area (Å²) in [5.41, 5.74) is 8.09. The molecule has 2 aliphatic rings. The molecule has 2 aliphatic heterocycles. The van der Waals surface area contributed by atoms with Crippen LogP contribution in [0.1, 0.15) is 23.6 Å². The van der Waals surface area contributed by atoms with E-state index in [0.29, 0.717) is 45.6 Å². The first-order chi connectivity index (χ1) is 14.6. The van der Waals surface area contributed by atoms with Gasteiger partial charge < -0.3 is 4.90 Å². The summed E-state index contributed by atoms with van der Waals surface area (Å²) in [5.74, 6) is 0.0785. The fourth-order valence-electron chi connectivity index (χ4n) is 4.06. The molecule has 1 amide bonds. The van der Waals surface area contributed by atoms with E-state index in [9.17, 15) is 13.2 Å². The molecule has 8 nitrogen and oxygen atoms in total. The molecule has 2 N–H and O–H groups in total. The number of hydrogen-bond donors (Lipinski definition) is 2. The second-order valence-corrected chi connectivity index (χ2v) is 9.78. The van der Waals surface area contributed by atoms with Crippen LogP contribution < -0.4 is 10.9 Å². The highest BCUT2D eigenvalue weighted by molar-refractivity contribution is 7.89. The van der Waals surface area contributed by atoms with Gasteiger partial charge in [-0.3, -0.25) is 15.2 Å². The largest absolute Gasteiger partial charge is 0.340 e. The molecule has 9 heteroatoms. The minimum atomic E-state index is -3.51. The van der Waals surface area contributed by atoms with Gasteiger partial charge in [-0.2, -0.15) is 4.31 Å². The van der Waals surface area contributed by atoms with Crippen molar-refractivity contribution in [3.05, 3.63) is 66.0 Å². The molecule has 2 aromatic rings. The van der Waals surface area contributed by atoms with Gasteiger partial charge in [0.15, 0.2) is 0 Å². The summed E-state index contributed by atoms with van der Waals surface area (Å²) < 4.78 is 28.1. The van der Waals surface area contributed by atoms with E-state index in [-0.39, 0.29) is 11.9 Å². The molecule has 0 saturated carbocycles. The van der Waals surface area contributed by atoms with Crippen LogP contribution >= 0.6 is 0 Å². The number of rotatable bonds is 6. The van der Waals surface area contributed by atoms with Crippen LogP contribution in [-0.2, 0) is 21.2 Å². The summed E-state index contributed by atoms with van der Waals surface area (Å²) in [7, 11) is -3.51. The van der Waals surface area contributed by atoms with Crippen molar-refractivity contribution >= 4 is 15.9 Å². The van der Waals surface area contributed by atoms with Gasteiger partial charge in [0.05, 0.1) is 6.04 Å². The van der Waals surface area contributed by atoms with Gasteiger partial charge in [0.25, 0.3) is 0 Å². The normalized spacial score (nSPS) is 22.9. The Bertz CT molecular complexity index is 947. The molecule has 0 spiro atoms. The van der Waals surface area contributed by atoms with Gasteiger partial charge in [-0.05, 0) is 29.7 Å². The summed E-state index contributed by atoms with van der Waals surface area (Å²) in [4.78, 5) is 18.3. The number of hydrogen-bond acceptors (Lipinski definition) is 6. The van der Waals surface area contributed by atoms with Crippen LogP contribution in [0.5, 0.6) is 0 Å². The van der Waals surface area contributed by atoms with Gasteiger partial charge in [-0.15, -0.1) is 0 Å². The lowest BCUT2D eigenvalue weighted by Crippen LogP contribution is -2.53. The summed E-state index contributed by atoms with van der Waals surface area (Å²) >= 11 is 0. The van der Waals surface area contributed by atoms with Gasteiger partial charge in [-0.25, -0.2) is 13.8 Å². The molecule has 1 aromatic carbocycles. The van der Waals surface area contributed by atoms with Gasteiger partial charge in [0.1, 0.15) is 5.25 Å². The Morgan fingerprint density at radius 3 is 2.43 bits per heavy atom. The number of carbonyl (C=O) groups excluding carboxylic acids is 1. The average molecular weight is 430 g/mol. The third kappa shape index (κ3) is 4.54. The minimum Gasteiger partial charge on any atom is -0.340 e. The Morgan fingerprint density at radius 1 is 1.03 bits per heavy atom. The van der Waals surface area contributed by atoms with Crippen LogP contribution in [0.3, 0.4) is 0 Å². The van der Waals surface area contributed by atoms with E-state index in [1.54, 1.807) is 17.3 Å². The molecule has 1 aromatic heterocycles. The summed E-state index contributed by atoms with van der Waals surface area (Å²) in [6.45, 7) is 1.87. The molecule has 2 atom stereocenters. The smallest absolute Gasteiger partial charge is 0.222 e. The Kier molecular flexibility index (Phi) is 6.43. The van der Waals surface area contributed by atoms with Gasteiger partial charge in [0.2, 0.25) is 15.9 Å². The monoisotopic (exact) mass is 429 g/mol. The van der Waals surface area contributed by atoms with Crippen molar-refractivity contribution in [2.75, 3.05) is 32.7 Å². The lowest BCUT2D eigenvalue weighted by molar-refractivity contribution is -0.132. The number of piperazine rings is 1. The van der Waals surface area contributed by atoms with Crippen LogP contribution in [0, 0.1) is 0 Å². The molecule has 2 fully saturated rings. The van der Waals surface area contributed by atoms with Gasteiger partial charge in [0, 0.05) is 51.5 Å². The quantitative estimate of drug-likeness (QED) is 0.702. The Labute approximate surface area is 177 Å². The lowest BCUT2D eigenvalue weighted by atomic mass is 10.1. The fraction of sp³-hybridized carbons (Fsp3) is 0.429. The van der Waals surface area contributed by atoms with Crippen LogP contribution in [0.15, 0.2) is 54.9 Å². The number of pyridine rings is 1. The lowest BCUT2D eigenvalue weighted by Gasteiger charge is -2.36. The standard InChI is InChI=1S/C21H27N5O3S/c27-20(7-6-17-4-2-1-3-5-17)25-12-14-26(15-13-25)30(28,29)19-16-23-24-21(19)18-8-10-22-11-9-18/h1-5,8-11,19,21,23-24H,6-7,12-16H2. The van der Waals surface area contributed by atoms with Crippen molar-refractivity contribution in [1.82, 2.24) is 25.0 Å². The number of nitrogens with zero attached hydrogens (tertiary/aromatic N) is 3. The van der Waals surface area contributed by atoms with Crippen LogP contribution in [-0.4, -0.2) is 66.5 Å². The van der Waals surface area contributed by atoms with E-state index in [1.807, 2.05) is 42.5 Å². The zero-order chi connectivity index (χ0) is 21.0. The van der Waals surface area contributed by atoms with Gasteiger partial charge >= 0.3 is 0 Å². The Hall–Kier alpha value is -2.33. The molecule has 4 rings (SSSR count). The maximum absolute atomic E-state index is 13.3. The number of benzene rings is 1. The SMILES string of the molecule is O=C(CCc1ccccc1)N1CCN(S(=O)(=O)C2CNNC2c2ccncc2)CC1. The van der Waals surface area contributed by atoms with Crippen molar-refractivity contribution in [1.29, 1.82) is 0 Å².